The highest BCUT2D eigenvalue weighted by atomic mass is 32.2. The lowest BCUT2D eigenvalue weighted by Crippen LogP contribution is -2.40. The standard InChI is InChI=1S/C17H24N2O6S/c20-15(19-8-4-5-9-19)10-13-16(21)17(22)14(25-13)11-18-26(23,24)12-6-2-1-3-7-12/h1-3,6-7,13-14,16-18,21-22H,4-5,8-11H2/t13-,14-,16-,17+/m0/s1. The molecule has 0 aromatic heterocycles. The molecule has 0 spiro atoms. The van der Waals surface area contributed by atoms with E-state index >= 15 is 0 Å². The minimum absolute atomic E-state index is 0.0276. The summed E-state index contributed by atoms with van der Waals surface area (Å²) in [5.74, 6) is -0.121. The van der Waals surface area contributed by atoms with Crippen LogP contribution in [0.25, 0.3) is 0 Å². The van der Waals surface area contributed by atoms with Crippen molar-refractivity contribution in [2.45, 2.75) is 48.6 Å². The van der Waals surface area contributed by atoms with E-state index in [2.05, 4.69) is 4.72 Å². The zero-order valence-electron chi connectivity index (χ0n) is 14.3. The predicted molar refractivity (Wildman–Crippen MR) is 92.7 cm³/mol. The van der Waals surface area contributed by atoms with Gasteiger partial charge in [0, 0.05) is 19.6 Å². The Morgan fingerprint density at radius 1 is 1.12 bits per heavy atom. The summed E-state index contributed by atoms with van der Waals surface area (Å²) >= 11 is 0. The van der Waals surface area contributed by atoms with Gasteiger partial charge in [0.15, 0.2) is 0 Å². The Bertz CT molecular complexity index is 720. The normalized spacial score (nSPS) is 29.2. The molecule has 2 fully saturated rings. The number of carbonyl (C=O) groups is 1. The van der Waals surface area contributed by atoms with Crippen molar-refractivity contribution in [3.05, 3.63) is 30.3 Å². The van der Waals surface area contributed by atoms with Crippen molar-refractivity contribution in [1.29, 1.82) is 0 Å². The van der Waals surface area contributed by atoms with E-state index in [9.17, 15) is 23.4 Å². The Balaban J connectivity index is 1.56. The lowest BCUT2D eigenvalue weighted by Gasteiger charge is -2.19. The average molecular weight is 384 g/mol. The molecule has 1 aromatic carbocycles. The summed E-state index contributed by atoms with van der Waals surface area (Å²) in [6.45, 7) is 1.21. The minimum atomic E-state index is -3.74. The van der Waals surface area contributed by atoms with Crippen LogP contribution in [0.15, 0.2) is 35.2 Å². The maximum absolute atomic E-state index is 12.2. The molecule has 0 radical (unpaired) electrons. The number of aliphatic hydroxyl groups excluding tert-OH is 2. The fraction of sp³-hybridized carbons (Fsp3) is 0.588. The van der Waals surface area contributed by atoms with E-state index in [0.29, 0.717) is 13.1 Å². The highest BCUT2D eigenvalue weighted by Gasteiger charge is 2.44. The van der Waals surface area contributed by atoms with E-state index in [1.54, 1.807) is 23.1 Å². The lowest BCUT2D eigenvalue weighted by molar-refractivity contribution is -0.134. The summed E-state index contributed by atoms with van der Waals surface area (Å²) in [5, 5.41) is 20.3. The molecule has 4 atom stereocenters. The van der Waals surface area contributed by atoms with E-state index in [0.717, 1.165) is 12.8 Å². The number of likely N-dealkylation sites (tertiary alicyclic amines) is 1. The Morgan fingerprint density at radius 2 is 1.73 bits per heavy atom. The van der Waals surface area contributed by atoms with E-state index in [4.69, 9.17) is 4.74 Å². The first-order valence-corrected chi connectivity index (χ1v) is 10.2. The van der Waals surface area contributed by atoms with Gasteiger partial charge in [-0.25, -0.2) is 13.1 Å². The summed E-state index contributed by atoms with van der Waals surface area (Å²) < 4.78 is 32.4. The molecular formula is C17H24N2O6S. The largest absolute Gasteiger partial charge is 0.388 e. The number of aliphatic hydroxyl groups is 2. The van der Waals surface area contributed by atoms with Crippen LogP contribution in [0.5, 0.6) is 0 Å². The molecule has 0 saturated carbocycles. The maximum Gasteiger partial charge on any atom is 0.240 e. The molecule has 9 heteroatoms. The summed E-state index contributed by atoms with van der Waals surface area (Å²) in [5.41, 5.74) is 0. The van der Waals surface area contributed by atoms with Crippen molar-refractivity contribution >= 4 is 15.9 Å². The Hall–Kier alpha value is -1.52. The monoisotopic (exact) mass is 384 g/mol. The van der Waals surface area contributed by atoms with E-state index in [-0.39, 0.29) is 23.8 Å². The van der Waals surface area contributed by atoms with Crippen molar-refractivity contribution in [3.63, 3.8) is 0 Å². The molecule has 0 unspecified atom stereocenters. The number of amides is 1. The molecule has 2 aliphatic rings. The molecule has 1 amide bonds. The number of sulfonamides is 1. The number of benzene rings is 1. The molecule has 0 bridgehead atoms. The number of carbonyl (C=O) groups excluding carboxylic acids is 1. The van der Waals surface area contributed by atoms with Crippen molar-refractivity contribution < 1.29 is 28.2 Å². The fourth-order valence-corrected chi connectivity index (χ4v) is 4.37. The molecule has 2 saturated heterocycles. The molecule has 26 heavy (non-hydrogen) atoms. The molecule has 144 valence electrons. The van der Waals surface area contributed by atoms with E-state index in [1.165, 1.54) is 12.1 Å². The predicted octanol–water partition coefficient (Wildman–Crippen LogP) is -0.533. The van der Waals surface area contributed by atoms with Crippen molar-refractivity contribution in [2.75, 3.05) is 19.6 Å². The Morgan fingerprint density at radius 3 is 2.38 bits per heavy atom. The van der Waals surface area contributed by atoms with Crippen molar-refractivity contribution in [3.8, 4) is 0 Å². The number of hydrogen-bond acceptors (Lipinski definition) is 6. The van der Waals surface area contributed by atoms with Crippen LogP contribution in [-0.4, -0.2) is 73.5 Å². The van der Waals surface area contributed by atoms with Crippen LogP contribution in [0.2, 0.25) is 0 Å². The smallest absolute Gasteiger partial charge is 0.240 e. The molecule has 1 aromatic rings. The molecular weight excluding hydrogens is 360 g/mol. The van der Waals surface area contributed by atoms with Crippen molar-refractivity contribution in [2.24, 2.45) is 0 Å². The second kappa shape index (κ2) is 8.01. The van der Waals surface area contributed by atoms with Gasteiger partial charge in [-0.2, -0.15) is 0 Å². The van der Waals surface area contributed by atoms with Gasteiger partial charge < -0.3 is 19.8 Å². The first-order valence-electron chi connectivity index (χ1n) is 8.72. The van der Waals surface area contributed by atoms with Gasteiger partial charge in [-0.3, -0.25) is 4.79 Å². The third-order valence-corrected chi connectivity index (χ3v) is 6.26. The number of ether oxygens (including phenoxy) is 1. The molecule has 0 aliphatic carbocycles. The third kappa shape index (κ3) is 4.24. The third-order valence-electron chi connectivity index (χ3n) is 4.82. The summed E-state index contributed by atoms with van der Waals surface area (Å²) in [6, 6.07) is 7.85. The van der Waals surface area contributed by atoms with Gasteiger partial charge in [0.1, 0.15) is 18.3 Å². The van der Waals surface area contributed by atoms with E-state index in [1.807, 2.05) is 0 Å². The van der Waals surface area contributed by atoms with Crippen LogP contribution in [0.4, 0.5) is 0 Å². The first kappa shape index (κ1) is 19.2. The average Bonchev–Trinajstić information content (AvgIpc) is 3.26. The van der Waals surface area contributed by atoms with Crippen LogP contribution in [-0.2, 0) is 19.6 Å². The van der Waals surface area contributed by atoms with E-state index < -0.39 is 34.4 Å². The SMILES string of the molecule is O=C(C[C@@H]1O[C@@H](CNS(=O)(=O)c2ccccc2)[C@@H](O)[C@H]1O)N1CCCC1. The topological polar surface area (TPSA) is 116 Å². The molecule has 8 nitrogen and oxygen atoms in total. The summed E-state index contributed by atoms with van der Waals surface area (Å²) in [4.78, 5) is 14.0. The zero-order valence-corrected chi connectivity index (χ0v) is 15.1. The van der Waals surface area contributed by atoms with Gasteiger partial charge in [0.25, 0.3) is 0 Å². The molecule has 3 rings (SSSR count). The first-order chi connectivity index (χ1) is 12.4. The fourth-order valence-electron chi connectivity index (χ4n) is 3.31. The summed E-state index contributed by atoms with van der Waals surface area (Å²) in [7, 11) is -3.74. The maximum atomic E-state index is 12.2. The zero-order chi connectivity index (χ0) is 18.7. The highest BCUT2D eigenvalue weighted by Crippen LogP contribution is 2.25. The Labute approximate surface area is 152 Å². The van der Waals surface area contributed by atoms with Crippen molar-refractivity contribution in [1.82, 2.24) is 9.62 Å². The van der Waals surface area contributed by atoms with Gasteiger partial charge in [0.05, 0.1) is 17.4 Å². The molecule has 3 N–H and O–H groups in total. The van der Waals surface area contributed by atoms with Crippen LogP contribution < -0.4 is 4.72 Å². The Kier molecular flexibility index (Phi) is 5.93. The van der Waals surface area contributed by atoms with Gasteiger partial charge >= 0.3 is 0 Å². The van der Waals surface area contributed by atoms with Gasteiger partial charge in [-0.05, 0) is 25.0 Å². The minimum Gasteiger partial charge on any atom is -0.388 e. The number of rotatable bonds is 6. The molecule has 2 aliphatic heterocycles. The number of nitrogens with one attached hydrogen (secondary N) is 1. The lowest BCUT2D eigenvalue weighted by atomic mass is 10.1. The van der Waals surface area contributed by atoms with Crippen LogP contribution in [0.3, 0.4) is 0 Å². The quantitative estimate of drug-likeness (QED) is 0.607. The van der Waals surface area contributed by atoms with Gasteiger partial charge in [-0.1, -0.05) is 18.2 Å². The van der Waals surface area contributed by atoms with Gasteiger partial charge in [0.2, 0.25) is 15.9 Å². The van der Waals surface area contributed by atoms with Gasteiger partial charge in [-0.15, -0.1) is 0 Å². The number of nitrogens with zero attached hydrogens (tertiary/aromatic N) is 1. The molecule has 2 heterocycles. The summed E-state index contributed by atoms with van der Waals surface area (Å²) in [6.07, 6.45) is -2.35. The number of hydrogen-bond donors (Lipinski definition) is 3. The van der Waals surface area contributed by atoms with Crippen LogP contribution in [0.1, 0.15) is 19.3 Å². The second-order valence-electron chi connectivity index (χ2n) is 6.65. The van der Waals surface area contributed by atoms with Crippen LogP contribution in [0, 0.1) is 0 Å². The highest BCUT2D eigenvalue weighted by molar-refractivity contribution is 7.89. The van der Waals surface area contributed by atoms with Crippen LogP contribution >= 0.6 is 0 Å². The second-order valence-corrected chi connectivity index (χ2v) is 8.42.